The van der Waals surface area contributed by atoms with Crippen LogP contribution in [0.25, 0.3) is 89.1 Å². The highest BCUT2D eigenvalue weighted by molar-refractivity contribution is 6.11. The molecule has 6 aromatic carbocycles. The zero-order valence-electron chi connectivity index (χ0n) is 25.2. The van der Waals surface area contributed by atoms with Gasteiger partial charge in [0.25, 0.3) is 0 Å². The molecule has 5 nitrogen and oxygen atoms in total. The Hall–Kier alpha value is -6.46. The van der Waals surface area contributed by atoms with Crippen LogP contribution in [0.4, 0.5) is 0 Å². The number of nitrogens with zero attached hydrogens (tertiary/aromatic N) is 4. The van der Waals surface area contributed by atoms with Crippen LogP contribution in [-0.2, 0) is 0 Å². The monoisotopic (exact) mass is 602 g/mol. The van der Waals surface area contributed by atoms with E-state index in [-0.39, 0.29) is 0 Å². The highest BCUT2D eigenvalue weighted by Crippen LogP contribution is 2.36. The average molecular weight is 603 g/mol. The number of benzene rings is 6. The molecule has 0 N–H and O–H groups in total. The lowest BCUT2D eigenvalue weighted by atomic mass is 9.99. The molecule has 3 heterocycles. The third kappa shape index (κ3) is 4.91. The maximum Gasteiger partial charge on any atom is 0.164 e. The summed E-state index contributed by atoms with van der Waals surface area (Å²) in [5.41, 5.74) is 8.92. The Balaban J connectivity index is 1.16. The van der Waals surface area contributed by atoms with E-state index < -0.39 is 0 Å². The molecule has 0 unspecified atom stereocenters. The Labute approximate surface area is 270 Å². The Morgan fingerprint density at radius 1 is 0.404 bits per heavy atom. The van der Waals surface area contributed by atoms with Crippen molar-refractivity contribution in [2.45, 2.75) is 0 Å². The van der Waals surface area contributed by atoms with Gasteiger partial charge >= 0.3 is 0 Å². The summed E-state index contributed by atoms with van der Waals surface area (Å²) in [7, 11) is 0. The minimum Gasteiger partial charge on any atom is -0.456 e. The smallest absolute Gasteiger partial charge is 0.164 e. The van der Waals surface area contributed by atoms with Crippen LogP contribution in [0, 0.1) is 0 Å². The Morgan fingerprint density at radius 2 is 1.00 bits per heavy atom. The molecule has 0 saturated heterocycles. The van der Waals surface area contributed by atoms with Crippen LogP contribution < -0.4 is 0 Å². The normalized spacial score (nSPS) is 11.4. The van der Waals surface area contributed by atoms with Crippen LogP contribution >= 0.6 is 0 Å². The number of furan rings is 1. The molecular weight excluding hydrogens is 576 g/mol. The summed E-state index contributed by atoms with van der Waals surface area (Å²) in [6, 6.07) is 50.0. The van der Waals surface area contributed by atoms with Crippen molar-refractivity contribution in [1.82, 2.24) is 19.9 Å². The SMILES string of the molecule is c1ccc(-c2ccc(-c3ccc(-c4nc(-c5ccc6ccccc6c5)nc(-c5cccc6oc7ccncc7c56)n4)cc3)cc2)cc1. The number of hydrogen-bond donors (Lipinski definition) is 0. The van der Waals surface area contributed by atoms with Gasteiger partial charge in [-0.15, -0.1) is 0 Å². The number of rotatable bonds is 5. The lowest BCUT2D eigenvalue weighted by Gasteiger charge is -2.10. The van der Waals surface area contributed by atoms with E-state index in [1.54, 1.807) is 6.20 Å². The zero-order chi connectivity index (χ0) is 31.2. The van der Waals surface area contributed by atoms with Crippen molar-refractivity contribution in [2.75, 3.05) is 0 Å². The standard InChI is InChI=1S/C42H26N4O/c1-2-7-27(8-3-1)29-13-15-30(16-14-29)31-17-20-32(21-18-31)40-44-41(34-22-19-28-9-4-5-10-33(28)25-34)46-42(45-40)35-11-6-12-38-39(35)36-26-43-24-23-37(36)47-38/h1-26H. The first-order chi connectivity index (χ1) is 23.3. The van der Waals surface area contributed by atoms with Crippen LogP contribution in [0.1, 0.15) is 0 Å². The lowest BCUT2D eigenvalue weighted by Crippen LogP contribution is -2.00. The van der Waals surface area contributed by atoms with Gasteiger partial charge in [-0.1, -0.05) is 127 Å². The van der Waals surface area contributed by atoms with Crippen LogP contribution in [0.3, 0.4) is 0 Å². The summed E-state index contributed by atoms with van der Waals surface area (Å²) >= 11 is 0. The van der Waals surface area contributed by atoms with Gasteiger partial charge in [-0.3, -0.25) is 4.98 Å². The fraction of sp³-hybridized carbons (Fsp3) is 0. The van der Waals surface area contributed by atoms with E-state index in [1.807, 2.05) is 48.7 Å². The quantitative estimate of drug-likeness (QED) is 0.196. The fourth-order valence-corrected chi connectivity index (χ4v) is 6.24. The van der Waals surface area contributed by atoms with Gasteiger partial charge in [0.05, 0.1) is 0 Å². The van der Waals surface area contributed by atoms with E-state index in [9.17, 15) is 0 Å². The van der Waals surface area contributed by atoms with E-state index in [4.69, 9.17) is 19.4 Å². The van der Waals surface area contributed by atoms with E-state index in [2.05, 4.69) is 108 Å². The predicted molar refractivity (Wildman–Crippen MR) is 190 cm³/mol. The molecule has 0 aliphatic carbocycles. The second-order valence-corrected chi connectivity index (χ2v) is 11.5. The number of hydrogen-bond acceptors (Lipinski definition) is 5. The van der Waals surface area contributed by atoms with Crippen molar-refractivity contribution in [2.24, 2.45) is 0 Å². The molecule has 5 heteroatoms. The summed E-state index contributed by atoms with van der Waals surface area (Å²) in [6.45, 7) is 0. The summed E-state index contributed by atoms with van der Waals surface area (Å²) in [6.07, 6.45) is 3.58. The van der Waals surface area contributed by atoms with E-state index in [0.717, 1.165) is 55.1 Å². The minimum atomic E-state index is 0.580. The summed E-state index contributed by atoms with van der Waals surface area (Å²) in [4.78, 5) is 19.5. The summed E-state index contributed by atoms with van der Waals surface area (Å²) < 4.78 is 6.17. The van der Waals surface area contributed by atoms with Crippen LogP contribution in [0.15, 0.2) is 162 Å². The van der Waals surface area contributed by atoms with Gasteiger partial charge in [0, 0.05) is 39.9 Å². The first-order valence-electron chi connectivity index (χ1n) is 15.5. The second kappa shape index (κ2) is 11.2. The molecule has 0 saturated carbocycles. The Morgan fingerprint density at radius 3 is 1.74 bits per heavy atom. The largest absolute Gasteiger partial charge is 0.456 e. The van der Waals surface area contributed by atoms with E-state index >= 15 is 0 Å². The topological polar surface area (TPSA) is 64.7 Å². The van der Waals surface area contributed by atoms with Gasteiger partial charge in [0.2, 0.25) is 0 Å². The van der Waals surface area contributed by atoms with Crippen molar-refractivity contribution in [3.05, 3.63) is 158 Å². The molecular formula is C42H26N4O. The van der Waals surface area contributed by atoms with Crippen molar-refractivity contribution in [3.63, 3.8) is 0 Å². The van der Waals surface area contributed by atoms with E-state index in [0.29, 0.717) is 17.5 Å². The second-order valence-electron chi connectivity index (χ2n) is 11.5. The lowest BCUT2D eigenvalue weighted by molar-refractivity contribution is 0.668. The van der Waals surface area contributed by atoms with Gasteiger partial charge in [-0.05, 0) is 51.2 Å². The van der Waals surface area contributed by atoms with Crippen molar-refractivity contribution < 1.29 is 4.42 Å². The van der Waals surface area contributed by atoms with Gasteiger partial charge in [-0.25, -0.2) is 15.0 Å². The van der Waals surface area contributed by atoms with Crippen molar-refractivity contribution in [1.29, 1.82) is 0 Å². The molecule has 0 atom stereocenters. The number of fused-ring (bicyclic) bond motifs is 4. The van der Waals surface area contributed by atoms with Gasteiger partial charge in [0.15, 0.2) is 17.5 Å². The molecule has 9 rings (SSSR count). The van der Waals surface area contributed by atoms with Crippen LogP contribution in [0.5, 0.6) is 0 Å². The maximum atomic E-state index is 6.17. The molecule has 0 bridgehead atoms. The van der Waals surface area contributed by atoms with Crippen molar-refractivity contribution >= 4 is 32.7 Å². The van der Waals surface area contributed by atoms with Crippen LogP contribution in [0.2, 0.25) is 0 Å². The average Bonchev–Trinajstić information content (AvgIpc) is 3.54. The number of pyridine rings is 1. The highest BCUT2D eigenvalue weighted by atomic mass is 16.3. The molecule has 47 heavy (non-hydrogen) atoms. The molecule has 0 spiro atoms. The first-order valence-corrected chi connectivity index (χ1v) is 15.5. The van der Waals surface area contributed by atoms with Gasteiger partial charge in [0.1, 0.15) is 11.2 Å². The third-order valence-electron chi connectivity index (χ3n) is 8.65. The molecule has 0 amide bonds. The zero-order valence-corrected chi connectivity index (χ0v) is 25.2. The molecule has 3 aromatic heterocycles. The maximum absolute atomic E-state index is 6.17. The highest BCUT2D eigenvalue weighted by Gasteiger charge is 2.18. The molecule has 9 aromatic rings. The van der Waals surface area contributed by atoms with E-state index in [1.165, 1.54) is 16.5 Å². The minimum absolute atomic E-state index is 0.580. The van der Waals surface area contributed by atoms with Crippen LogP contribution in [-0.4, -0.2) is 19.9 Å². The fourth-order valence-electron chi connectivity index (χ4n) is 6.24. The number of aromatic nitrogens is 4. The first kappa shape index (κ1) is 26.9. The molecule has 0 aliphatic rings. The Kier molecular flexibility index (Phi) is 6.39. The summed E-state index contributed by atoms with van der Waals surface area (Å²) in [5, 5.41) is 4.16. The molecule has 0 radical (unpaired) electrons. The third-order valence-corrected chi connectivity index (χ3v) is 8.65. The Bertz CT molecular complexity index is 2560. The predicted octanol–water partition coefficient (Wildman–Crippen LogP) is 10.7. The van der Waals surface area contributed by atoms with Gasteiger partial charge in [-0.2, -0.15) is 0 Å². The van der Waals surface area contributed by atoms with Crippen molar-refractivity contribution in [3.8, 4) is 56.4 Å². The molecule has 220 valence electrons. The van der Waals surface area contributed by atoms with Gasteiger partial charge < -0.3 is 4.42 Å². The summed E-state index contributed by atoms with van der Waals surface area (Å²) in [5.74, 6) is 1.79. The molecule has 0 fully saturated rings. The molecule has 0 aliphatic heterocycles.